The van der Waals surface area contributed by atoms with E-state index in [2.05, 4.69) is 0 Å². The van der Waals surface area contributed by atoms with E-state index in [1.54, 1.807) is 6.07 Å². The van der Waals surface area contributed by atoms with Crippen molar-refractivity contribution in [1.82, 2.24) is 0 Å². The number of hydrogen-bond donors (Lipinski definition) is 0. The van der Waals surface area contributed by atoms with Gasteiger partial charge in [-0.05, 0) is 43.4 Å². The topological polar surface area (TPSA) is 26.3 Å². The molecule has 0 radical (unpaired) electrons. The molecule has 2 rings (SSSR count). The first-order chi connectivity index (χ1) is 7.20. The van der Waals surface area contributed by atoms with Crippen LogP contribution in [0.15, 0.2) is 12.1 Å². The third-order valence-corrected chi connectivity index (χ3v) is 2.78. The Kier molecular flexibility index (Phi) is 2.96. The van der Waals surface area contributed by atoms with Crippen LogP contribution >= 0.6 is 11.6 Å². The van der Waals surface area contributed by atoms with Gasteiger partial charge in [0.2, 0.25) is 0 Å². The van der Waals surface area contributed by atoms with E-state index in [0.717, 1.165) is 11.8 Å². The molecule has 80 valence electrons. The standard InChI is InChI=1S/C12H13ClO2/c1-8-4-10(6-14)12(11(13)5-8)15-7-9-2-3-9/h4-6,9H,2-3,7H2,1H3. The Labute approximate surface area is 94.2 Å². The summed E-state index contributed by atoms with van der Waals surface area (Å²) in [6.45, 7) is 2.58. The Morgan fingerprint density at radius 2 is 2.27 bits per heavy atom. The number of hydrogen-bond acceptors (Lipinski definition) is 2. The normalized spacial score (nSPS) is 15.1. The van der Waals surface area contributed by atoms with Gasteiger partial charge in [-0.2, -0.15) is 0 Å². The Bertz CT molecular complexity index is 383. The van der Waals surface area contributed by atoms with Crippen LogP contribution in [0.5, 0.6) is 5.75 Å². The minimum absolute atomic E-state index is 0.526. The van der Waals surface area contributed by atoms with Gasteiger partial charge in [0.05, 0.1) is 17.2 Å². The van der Waals surface area contributed by atoms with Gasteiger partial charge in [-0.3, -0.25) is 4.79 Å². The quantitative estimate of drug-likeness (QED) is 0.734. The molecule has 1 aliphatic carbocycles. The van der Waals surface area contributed by atoms with E-state index in [-0.39, 0.29) is 0 Å². The predicted octanol–water partition coefficient (Wildman–Crippen LogP) is 3.25. The first kappa shape index (κ1) is 10.5. The zero-order valence-corrected chi connectivity index (χ0v) is 9.38. The van der Waals surface area contributed by atoms with Crippen LogP contribution in [0.3, 0.4) is 0 Å². The molecule has 0 spiro atoms. The van der Waals surface area contributed by atoms with Gasteiger partial charge >= 0.3 is 0 Å². The number of benzene rings is 1. The summed E-state index contributed by atoms with van der Waals surface area (Å²) in [7, 11) is 0. The maximum atomic E-state index is 10.9. The van der Waals surface area contributed by atoms with Crippen molar-refractivity contribution in [2.45, 2.75) is 19.8 Å². The molecular weight excluding hydrogens is 212 g/mol. The zero-order chi connectivity index (χ0) is 10.8. The Hall–Kier alpha value is -1.02. The fourth-order valence-corrected chi connectivity index (χ4v) is 1.82. The summed E-state index contributed by atoms with van der Waals surface area (Å²) < 4.78 is 5.57. The van der Waals surface area contributed by atoms with Crippen molar-refractivity contribution in [3.63, 3.8) is 0 Å². The summed E-state index contributed by atoms with van der Waals surface area (Å²) in [5.41, 5.74) is 1.52. The molecular formula is C12H13ClO2. The molecule has 15 heavy (non-hydrogen) atoms. The molecule has 1 saturated carbocycles. The maximum absolute atomic E-state index is 10.9. The van der Waals surface area contributed by atoms with Crippen molar-refractivity contribution in [3.8, 4) is 5.75 Å². The molecule has 0 aromatic heterocycles. The van der Waals surface area contributed by atoms with Gasteiger partial charge in [0, 0.05) is 0 Å². The highest BCUT2D eigenvalue weighted by Gasteiger charge is 2.23. The second-order valence-corrected chi connectivity index (χ2v) is 4.44. The molecule has 0 amide bonds. The molecule has 0 unspecified atom stereocenters. The third-order valence-electron chi connectivity index (χ3n) is 2.50. The Balaban J connectivity index is 2.21. The average Bonchev–Trinajstić information content (AvgIpc) is 2.99. The smallest absolute Gasteiger partial charge is 0.153 e. The molecule has 2 nitrogen and oxygen atoms in total. The number of ether oxygens (including phenoxy) is 1. The lowest BCUT2D eigenvalue weighted by atomic mass is 10.1. The number of rotatable bonds is 4. The molecule has 1 fully saturated rings. The highest BCUT2D eigenvalue weighted by atomic mass is 35.5. The van der Waals surface area contributed by atoms with Crippen LogP contribution in [0.4, 0.5) is 0 Å². The lowest BCUT2D eigenvalue weighted by Crippen LogP contribution is -2.02. The number of carbonyl (C=O) groups is 1. The van der Waals surface area contributed by atoms with Crippen molar-refractivity contribution < 1.29 is 9.53 Å². The minimum Gasteiger partial charge on any atom is -0.491 e. The zero-order valence-electron chi connectivity index (χ0n) is 8.63. The molecule has 1 aromatic rings. The van der Waals surface area contributed by atoms with E-state index in [1.807, 2.05) is 13.0 Å². The predicted molar refractivity (Wildman–Crippen MR) is 59.8 cm³/mol. The van der Waals surface area contributed by atoms with Crippen molar-refractivity contribution in [1.29, 1.82) is 0 Å². The molecule has 0 saturated heterocycles. The molecule has 0 atom stereocenters. The van der Waals surface area contributed by atoms with E-state index in [4.69, 9.17) is 16.3 Å². The van der Waals surface area contributed by atoms with Crippen LogP contribution < -0.4 is 4.74 Å². The third kappa shape index (κ3) is 2.51. The number of carbonyl (C=O) groups excluding carboxylic acids is 1. The van der Waals surface area contributed by atoms with Crippen LogP contribution in [0, 0.1) is 12.8 Å². The molecule has 0 aliphatic heterocycles. The summed E-state index contributed by atoms with van der Waals surface area (Å²) in [4.78, 5) is 10.9. The average molecular weight is 225 g/mol. The van der Waals surface area contributed by atoms with E-state index < -0.39 is 0 Å². The molecule has 1 aliphatic rings. The molecule has 3 heteroatoms. The van der Waals surface area contributed by atoms with E-state index >= 15 is 0 Å². The van der Waals surface area contributed by atoms with Crippen molar-refractivity contribution in [2.24, 2.45) is 5.92 Å². The van der Waals surface area contributed by atoms with Crippen LogP contribution in [-0.2, 0) is 0 Å². The van der Waals surface area contributed by atoms with E-state index in [1.165, 1.54) is 12.8 Å². The van der Waals surface area contributed by atoms with Crippen molar-refractivity contribution in [3.05, 3.63) is 28.3 Å². The van der Waals surface area contributed by atoms with Gasteiger partial charge in [-0.1, -0.05) is 11.6 Å². The Morgan fingerprint density at radius 3 is 2.87 bits per heavy atom. The lowest BCUT2D eigenvalue weighted by molar-refractivity contribution is 0.111. The monoisotopic (exact) mass is 224 g/mol. The summed E-state index contributed by atoms with van der Waals surface area (Å²) in [6, 6.07) is 3.61. The van der Waals surface area contributed by atoms with Gasteiger partial charge in [0.15, 0.2) is 6.29 Å². The fourth-order valence-electron chi connectivity index (χ4n) is 1.48. The SMILES string of the molecule is Cc1cc(Cl)c(OCC2CC2)c(C=O)c1. The van der Waals surface area contributed by atoms with Gasteiger partial charge < -0.3 is 4.74 Å². The maximum Gasteiger partial charge on any atom is 0.153 e. The van der Waals surface area contributed by atoms with Crippen LogP contribution in [0.2, 0.25) is 5.02 Å². The second kappa shape index (κ2) is 4.23. The second-order valence-electron chi connectivity index (χ2n) is 4.04. The summed E-state index contributed by atoms with van der Waals surface area (Å²) >= 11 is 6.03. The van der Waals surface area contributed by atoms with Gasteiger partial charge in [-0.25, -0.2) is 0 Å². The highest BCUT2D eigenvalue weighted by Crippen LogP contribution is 2.33. The van der Waals surface area contributed by atoms with E-state index in [0.29, 0.717) is 28.9 Å². The van der Waals surface area contributed by atoms with E-state index in [9.17, 15) is 4.79 Å². The number of aryl methyl sites for hydroxylation is 1. The largest absolute Gasteiger partial charge is 0.491 e. The molecule has 0 bridgehead atoms. The molecule has 0 N–H and O–H groups in total. The fraction of sp³-hybridized carbons (Fsp3) is 0.417. The summed E-state index contributed by atoms with van der Waals surface area (Å²) in [5.74, 6) is 1.19. The van der Waals surface area contributed by atoms with Crippen LogP contribution in [0.25, 0.3) is 0 Å². The van der Waals surface area contributed by atoms with Crippen molar-refractivity contribution >= 4 is 17.9 Å². The first-order valence-corrected chi connectivity index (χ1v) is 5.46. The van der Waals surface area contributed by atoms with Gasteiger partial charge in [0.25, 0.3) is 0 Å². The number of aldehydes is 1. The first-order valence-electron chi connectivity index (χ1n) is 5.09. The minimum atomic E-state index is 0.526. The lowest BCUT2D eigenvalue weighted by Gasteiger charge is -2.10. The molecule has 0 heterocycles. The molecule has 1 aromatic carbocycles. The van der Waals surface area contributed by atoms with Crippen LogP contribution in [0.1, 0.15) is 28.8 Å². The van der Waals surface area contributed by atoms with Crippen molar-refractivity contribution in [2.75, 3.05) is 6.61 Å². The number of halogens is 1. The highest BCUT2D eigenvalue weighted by molar-refractivity contribution is 6.32. The van der Waals surface area contributed by atoms with Gasteiger partial charge in [0.1, 0.15) is 5.75 Å². The van der Waals surface area contributed by atoms with Crippen LogP contribution in [-0.4, -0.2) is 12.9 Å². The summed E-state index contributed by atoms with van der Waals surface area (Å²) in [6.07, 6.45) is 3.24. The summed E-state index contributed by atoms with van der Waals surface area (Å²) in [5, 5.41) is 0.526. The Morgan fingerprint density at radius 1 is 1.53 bits per heavy atom. The van der Waals surface area contributed by atoms with Gasteiger partial charge in [-0.15, -0.1) is 0 Å².